The highest BCUT2D eigenvalue weighted by Crippen LogP contribution is 2.20. The molecule has 0 saturated carbocycles. The van der Waals surface area contributed by atoms with Crippen molar-refractivity contribution >= 4 is 6.03 Å². The van der Waals surface area contributed by atoms with Crippen LogP contribution in [0.15, 0.2) is 42.7 Å². The number of nitrogens with zero attached hydrogens (tertiary/aromatic N) is 2. The van der Waals surface area contributed by atoms with E-state index in [1.165, 1.54) is 0 Å². The molecule has 1 heterocycles. The van der Waals surface area contributed by atoms with E-state index in [0.29, 0.717) is 19.4 Å². The minimum absolute atomic E-state index is 0.161. The molecule has 2 amide bonds. The van der Waals surface area contributed by atoms with Crippen LogP contribution in [0.1, 0.15) is 38.3 Å². The molecule has 3 N–H and O–H groups in total. The average Bonchev–Trinajstić information content (AvgIpc) is 3.09. The summed E-state index contributed by atoms with van der Waals surface area (Å²) in [6, 6.07) is 9.29. The van der Waals surface area contributed by atoms with Gasteiger partial charge in [-0.3, -0.25) is 0 Å². The van der Waals surface area contributed by atoms with Gasteiger partial charge in [0.25, 0.3) is 0 Å². The number of urea groups is 1. The number of amides is 2. The van der Waals surface area contributed by atoms with E-state index in [1.54, 1.807) is 10.9 Å². The number of aromatic nitrogens is 2. The monoisotopic (exact) mass is 316 g/mol. The van der Waals surface area contributed by atoms with Crippen LogP contribution >= 0.6 is 0 Å². The molecule has 124 valence electrons. The molecule has 1 aromatic carbocycles. The summed E-state index contributed by atoms with van der Waals surface area (Å²) in [4.78, 5) is 12.0. The summed E-state index contributed by atoms with van der Waals surface area (Å²) < 4.78 is 1.78. The molecule has 2 rings (SSSR count). The Morgan fingerprint density at radius 3 is 2.83 bits per heavy atom. The summed E-state index contributed by atoms with van der Waals surface area (Å²) in [5.41, 5.74) is 1.92. The number of benzene rings is 1. The van der Waals surface area contributed by atoms with Gasteiger partial charge < -0.3 is 15.7 Å². The van der Waals surface area contributed by atoms with Gasteiger partial charge in [-0.25, -0.2) is 9.48 Å². The second-order valence-electron chi connectivity index (χ2n) is 5.48. The summed E-state index contributed by atoms with van der Waals surface area (Å²) in [6.07, 6.45) is 4.48. The molecular formula is C17H24N4O2. The first-order valence-electron chi connectivity index (χ1n) is 7.93. The van der Waals surface area contributed by atoms with Gasteiger partial charge >= 0.3 is 6.03 Å². The first kappa shape index (κ1) is 17.0. The molecule has 2 atom stereocenters. The average molecular weight is 316 g/mol. The number of carbonyl (C=O) groups is 1. The molecule has 1 aromatic heterocycles. The molecule has 23 heavy (non-hydrogen) atoms. The molecule has 0 spiro atoms. The molecule has 0 aliphatic rings. The number of aliphatic hydroxyl groups excluding tert-OH is 1. The second-order valence-corrected chi connectivity index (χ2v) is 5.48. The predicted molar refractivity (Wildman–Crippen MR) is 89.4 cm³/mol. The standard InChI is InChI=1S/C17H24N4O2/c1-3-14(22)9-11-18-17(23)20-13(2)15-7-4-5-8-16(15)21-12-6-10-19-21/h4-8,10,12-14,22H,3,9,11H2,1-2H3,(H2,18,20,23). The number of carbonyl (C=O) groups excluding carboxylic acids is 1. The third-order valence-corrected chi connectivity index (χ3v) is 3.74. The fourth-order valence-corrected chi connectivity index (χ4v) is 2.36. The maximum Gasteiger partial charge on any atom is 0.315 e. The predicted octanol–water partition coefficient (Wildman–Crippen LogP) is 2.39. The molecule has 0 saturated heterocycles. The van der Waals surface area contributed by atoms with Crippen molar-refractivity contribution in [2.75, 3.05) is 6.54 Å². The lowest BCUT2D eigenvalue weighted by Crippen LogP contribution is -2.38. The molecule has 0 aliphatic carbocycles. The Morgan fingerprint density at radius 1 is 1.35 bits per heavy atom. The zero-order valence-electron chi connectivity index (χ0n) is 13.6. The number of hydrogen-bond acceptors (Lipinski definition) is 3. The van der Waals surface area contributed by atoms with Crippen LogP contribution in [0, 0.1) is 0 Å². The van der Waals surface area contributed by atoms with Gasteiger partial charge in [0.05, 0.1) is 17.8 Å². The summed E-state index contributed by atoms with van der Waals surface area (Å²) in [6.45, 7) is 4.30. The molecule has 0 radical (unpaired) electrons. The van der Waals surface area contributed by atoms with Crippen LogP contribution < -0.4 is 10.6 Å². The fourth-order valence-electron chi connectivity index (χ4n) is 2.36. The van der Waals surface area contributed by atoms with E-state index in [0.717, 1.165) is 11.3 Å². The van der Waals surface area contributed by atoms with E-state index >= 15 is 0 Å². The van der Waals surface area contributed by atoms with Crippen LogP contribution in [-0.4, -0.2) is 33.6 Å². The number of aliphatic hydroxyl groups is 1. The molecule has 0 aliphatic heterocycles. The van der Waals surface area contributed by atoms with Crippen molar-refractivity contribution < 1.29 is 9.90 Å². The van der Waals surface area contributed by atoms with Gasteiger partial charge in [0.2, 0.25) is 0 Å². The van der Waals surface area contributed by atoms with Crippen LogP contribution in [0.2, 0.25) is 0 Å². The van der Waals surface area contributed by atoms with Crippen molar-refractivity contribution in [3.63, 3.8) is 0 Å². The summed E-state index contributed by atoms with van der Waals surface area (Å²) in [5.74, 6) is 0. The largest absolute Gasteiger partial charge is 0.393 e. The lowest BCUT2D eigenvalue weighted by Gasteiger charge is -2.18. The molecule has 2 aromatic rings. The first-order valence-corrected chi connectivity index (χ1v) is 7.93. The van der Waals surface area contributed by atoms with Crippen LogP contribution in [0.4, 0.5) is 4.79 Å². The number of rotatable bonds is 7. The van der Waals surface area contributed by atoms with Crippen LogP contribution in [0.5, 0.6) is 0 Å². The highest BCUT2D eigenvalue weighted by molar-refractivity contribution is 5.74. The van der Waals surface area contributed by atoms with Gasteiger partial charge in [0, 0.05) is 18.9 Å². The highest BCUT2D eigenvalue weighted by Gasteiger charge is 2.14. The maximum atomic E-state index is 12.0. The summed E-state index contributed by atoms with van der Waals surface area (Å²) in [7, 11) is 0. The van der Waals surface area contributed by atoms with Crippen molar-refractivity contribution in [1.29, 1.82) is 0 Å². The summed E-state index contributed by atoms with van der Waals surface area (Å²) >= 11 is 0. The van der Waals surface area contributed by atoms with E-state index in [2.05, 4.69) is 15.7 Å². The SMILES string of the molecule is CCC(O)CCNC(=O)NC(C)c1ccccc1-n1cccn1. The quantitative estimate of drug-likeness (QED) is 0.734. The van der Waals surface area contributed by atoms with Crippen molar-refractivity contribution in [3.8, 4) is 5.69 Å². The Hall–Kier alpha value is -2.34. The minimum Gasteiger partial charge on any atom is -0.393 e. The van der Waals surface area contributed by atoms with E-state index in [-0.39, 0.29) is 18.2 Å². The van der Waals surface area contributed by atoms with Gasteiger partial charge in [-0.2, -0.15) is 5.10 Å². The first-order chi connectivity index (χ1) is 11.1. The Kier molecular flexibility index (Phi) is 6.17. The molecule has 2 unspecified atom stereocenters. The number of hydrogen-bond donors (Lipinski definition) is 3. The molecule has 0 bridgehead atoms. The lowest BCUT2D eigenvalue weighted by atomic mass is 10.1. The minimum atomic E-state index is -0.367. The van der Waals surface area contributed by atoms with E-state index in [1.807, 2.05) is 50.4 Å². The van der Waals surface area contributed by atoms with Crippen molar-refractivity contribution in [3.05, 3.63) is 48.3 Å². The highest BCUT2D eigenvalue weighted by atomic mass is 16.3. The van der Waals surface area contributed by atoms with Gasteiger partial charge in [0.15, 0.2) is 0 Å². The van der Waals surface area contributed by atoms with Gasteiger partial charge in [0.1, 0.15) is 0 Å². The molecule has 0 fully saturated rings. The zero-order valence-corrected chi connectivity index (χ0v) is 13.6. The Balaban J connectivity index is 1.96. The van der Waals surface area contributed by atoms with Crippen LogP contribution in [0.3, 0.4) is 0 Å². The number of para-hydroxylation sites is 1. The zero-order chi connectivity index (χ0) is 16.7. The number of nitrogens with one attached hydrogen (secondary N) is 2. The Bertz CT molecular complexity index is 613. The van der Waals surface area contributed by atoms with Crippen molar-refractivity contribution in [2.24, 2.45) is 0 Å². The Morgan fingerprint density at radius 2 is 2.13 bits per heavy atom. The Labute approximate surface area is 136 Å². The van der Waals surface area contributed by atoms with Gasteiger partial charge in [-0.05, 0) is 37.5 Å². The smallest absolute Gasteiger partial charge is 0.315 e. The third kappa shape index (κ3) is 4.82. The van der Waals surface area contributed by atoms with E-state index in [4.69, 9.17) is 0 Å². The van der Waals surface area contributed by atoms with Crippen molar-refractivity contribution in [1.82, 2.24) is 20.4 Å². The van der Waals surface area contributed by atoms with Crippen LogP contribution in [0.25, 0.3) is 5.69 Å². The molecular weight excluding hydrogens is 292 g/mol. The normalized spacial score (nSPS) is 13.3. The van der Waals surface area contributed by atoms with Crippen LogP contribution in [-0.2, 0) is 0 Å². The second kappa shape index (κ2) is 8.33. The van der Waals surface area contributed by atoms with Crippen molar-refractivity contribution in [2.45, 2.75) is 38.8 Å². The molecule has 6 nitrogen and oxygen atoms in total. The van der Waals surface area contributed by atoms with E-state index in [9.17, 15) is 9.90 Å². The summed E-state index contributed by atoms with van der Waals surface area (Å²) in [5, 5.41) is 19.4. The maximum absolute atomic E-state index is 12.0. The third-order valence-electron chi connectivity index (χ3n) is 3.74. The van der Waals surface area contributed by atoms with Gasteiger partial charge in [-0.1, -0.05) is 25.1 Å². The van der Waals surface area contributed by atoms with E-state index < -0.39 is 0 Å². The molecule has 6 heteroatoms. The van der Waals surface area contributed by atoms with Gasteiger partial charge in [-0.15, -0.1) is 0 Å². The topological polar surface area (TPSA) is 79.2 Å². The lowest BCUT2D eigenvalue weighted by molar-refractivity contribution is 0.160. The fraction of sp³-hybridized carbons (Fsp3) is 0.412.